The summed E-state index contributed by atoms with van der Waals surface area (Å²) in [5.41, 5.74) is 4.53. The molecular formula is C24H19N5O3. The Balaban J connectivity index is 1.62. The van der Waals surface area contributed by atoms with E-state index in [2.05, 4.69) is 25.3 Å². The first-order valence-electron chi connectivity index (χ1n) is 9.87. The number of nitrogens with zero attached hydrogens (tertiary/aromatic N) is 3. The average molecular weight is 425 g/mol. The Hall–Kier alpha value is -4.46. The summed E-state index contributed by atoms with van der Waals surface area (Å²) in [5, 5.41) is 5.29. The van der Waals surface area contributed by atoms with E-state index in [4.69, 9.17) is 9.47 Å². The maximum Gasteiger partial charge on any atom is 0.339 e. The van der Waals surface area contributed by atoms with Gasteiger partial charge in [0, 0.05) is 57.8 Å². The number of carbonyl (C=O) groups is 1. The molecule has 0 saturated heterocycles. The molecule has 32 heavy (non-hydrogen) atoms. The highest BCUT2D eigenvalue weighted by Gasteiger charge is 2.15. The van der Waals surface area contributed by atoms with E-state index in [1.54, 1.807) is 19.4 Å². The highest BCUT2D eigenvalue weighted by molar-refractivity contribution is 5.97. The van der Waals surface area contributed by atoms with Crippen molar-refractivity contribution in [3.8, 4) is 16.9 Å². The SMILES string of the molecule is COC(=O)c1cncc(-c2cc3c(Nc4ccc5[nH]ccc5c4)ncnc3cc2OC)c1. The fourth-order valence-corrected chi connectivity index (χ4v) is 3.66. The first-order chi connectivity index (χ1) is 15.7. The second-order valence-electron chi connectivity index (χ2n) is 7.15. The maximum absolute atomic E-state index is 12.0. The summed E-state index contributed by atoms with van der Waals surface area (Å²) in [6.07, 6.45) is 6.56. The molecule has 0 aliphatic heterocycles. The Bertz CT molecular complexity index is 1460. The van der Waals surface area contributed by atoms with Crippen molar-refractivity contribution in [3.05, 3.63) is 72.9 Å². The monoisotopic (exact) mass is 425 g/mol. The van der Waals surface area contributed by atoms with Crippen LogP contribution in [0.15, 0.2) is 67.4 Å². The number of pyridine rings is 1. The van der Waals surface area contributed by atoms with Crippen LogP contribution >= 0.6 is 0 Å². The molecule has 0 aliphatic rings. The molecule has 0 amide bonds. The summed E-state index contributed by atoms with van der Waals surface area (Å²) in [6.45, 7) is 0. The number of hydrogen-bond acceptors (Lipinski definition) is 7. The van der Waals surface area contributed by atoms with Crippen LogP contribution in [0.4, 0.5) is 11.5 Å². The highest BCUT2D eigenvalue weighted by atomic mass is 16.5. The molecule has 0 radical (unpaired) electrons. The molecule has 0 fully saturated rings. The molecule has 2 aromatic carbocycles. The Morgan fingerprint density at radius 2 is 1.94 bits per heavy atom. The van der Waals surface area contributed by atoms with Crippen LogP contribution in [0.3, 0.4) is 0 Å². The van der Waals surface area contributed by atoms with Crippen LogP contribution in [-0.4, -0.2) is 40.1 Å². The van der Waals surface area contributed by atoms with Crippen molar-refractivity contribution in [2.24, 2.45) is 0 Å². The first kappa shape index (κ1) is 19.5. The van der Waals surface area contributed by atoms with Gasteiger partial charge in [0.25, 0.3) is 0 Å². The minimum atomic E-state index is -0.454. The van der Waals surface area contributed by atoms with Crippen molar-refractivity contribution < 1.29 is 14.3 Å². The number of nitrogens with one attached hydrogen (secondary N) is 2. The molecule has 8 heteroatoms. The van der Waals surface area contributed by atoms with Gasteiger partial charge in [-0.1, -0.05) is 0 Å². The van der Waals surface area contributed by atoms with Gasteiger partial charge < -0.3 is 19.8 Å². The zero-order chi connectivity index (χ0) is 22.1. The van der Waals surface area contributed by atoms with Gasteiger partial charge in [-0.15, -0.1) is 0 Å². The number of esters is 1. The molecule has 3 heterocycles. The summed E-state index contributed by atoms with van der Waals surface area (Å²) in [5.74, 6) is 0.815. The van der Waals surface area contributed by atoms with Crippen LogP contribution in [-0.2, 0) is 4.74 Å². The Morgan fingerprint density at radius 3 is 2.78 bits per heavy atom. The number of benzene rings is 2. The predicted octanol–water partition coefficient (Wildman–Crippen LogP) is 4.71. The number of rotatable bonds is 5. The average Bonchev–Trinajstić information content (AvgIpc) is 3.31. The lowest BCUT2D eigenvalue weighted by molar-refractivity contribution is 0.0600. The molecule has 0 atom stereocenters. The molecule has 3 aromatic heterocycles. The lowest BCUT2D eigenvalue weighted by Gasteiger charge is -2.13. The number of anilines is 2. The lowest BCUT2D eigenvalue weighted by atomic mass is 10.0. The zero-order valence-corrected chi connectivity index (χ0v) is 17.4. The van der Waals surface area contributed by atoms with Crippen molar-refractivity contribution in [2.75, 3.05) is 19.5 Å². The quantitative estimate of drug-likeness (QED) is 0.393. The van der Waals surface area contributed by atoms with Gasteiger partial charge in [0.15, 0.2) is 0 Å². The van der Waals surface area contributed by atoms with E-state index in [0.29, 0.717) is 17.1 Å². The molecule has 8 nitrogen and oxygen atoms in total. The van der Waals surface area contributed by atoms with Crippen molar-refractivity contribution in [1.82, 2.24) is 19.9 Å². The van der Waals surface area contributed by atoms with Gasteiger partial charge in [0.1, 0.15) is 17.9 Å². The normalized spacial score (nSPS) is 10.9. The lowest BCUT2D eigenvalue weighted by Crippen LogP contribution is -2.02. The topological polar surface area (TPSA) is 102 Å². The van der Waals surface area contributed by atoms with Crippen LogP contribution in [0, 0.1) is 0 Å². The number of hydrogen-bond donors (Lipinski definition) is 2. The largest absolute Gasteiger partial charge is 0.496 e. The summed E-state index contributed by atoms with van der Waals surface area (Å²) < 4.78 is 10.4. The molecule has 0 aliphatic carbocycles. The van der Waals surface area contributed by atoms with Crippen molar-refractivity contribution >= 4 is 39.3 Å². The smallest absolute Gasteiger partial charge is 0.339 e. The van der Waals surface area contributed by atoms with Gasteiger partial charge in [-0.2, -0.15) is 0 Å². The van der Waals surface area contributed by atoms with E-state index in [1.807, 2.05) is 42.6 Å². The van der Waals surface area contributed by atoms with Gasteiger partial charge >= 0.3 is 5.97 Å². The van der Waals surface area contributed by atoms with Gasteiger partial charge in [-0.3, -0.25) is 4.98 Å². The predicted molar refractivity (Wildman–Crippen MR) is 122 cm³/mol. The number of ether oxygens (including phenoxy) is 2. The van der Waals surface area contributed by atoms with Crippen LogP contribution in [0.5, 0.6) is 5.75 Å². The van der Waals surface area contributed by atoms with Gasteiger partial charge in [-0.25, -0.2) is 14.8 Å². The number of carbonyl (C=O) groups excluding carboxylic acids is 1. The fraction of sp³-hybridized carbons (Fsp3) is 0.0833. The molecule has 5 aromatic rings. The van der Waals surface area contributed by atoms with Gasteiger partial charge in [0.05, 0.1) is 25.3 Å². The number of fused-ring (bicyclic) bond motifs is 2. The molecule has 0 unspecified atom stereocenters. The fourth-order valence-electron chi connectivity index (χ4n) is 3.66. The van der Waals surface area contributed by atoms with E-state index < -0.39 is 5.97 Å². The van der Waals surface area contributed by atoms with E-state index in [-0.39, 0.29) is 0 Å². The standard InChI is InChI=1S/C24H19N5O3/c1-31-22-10-21-19(9-18(22)15-7-16(12-25-11-15)24(30)32-2)23(28-13-27-21)29-17-3-4-20-14(8-17)5-6-26-20/h3-13,26H,1-2H3,(H,27,28,29). The van der Waals surface area contributed by atoms with Crippen molar-refractivity contribution in [1.29, 1.82) is 0 Å². The summed E-state index contributed by atoms with van der Waals surface area (Å²) in [7, 11) is 2.93. The minimum Gasteiger partial charge on any atom is -0.496 e. The third-order valence-electron chi connectivity index (χ3n) is 5.24. The van der Waals surface area contributed by atoms with Gasteiger partial charge in [-0.05, 0) is 36.4 Å². The van der Waals surface area contributed by atoms with Crippen LogP contribution in [0.1, 0.15) is 10.4 Å². The van der Waals surface area contributed by atoms with E-state index in [9.17, 15) is 4.79 Å². The molecule has 0 spiro atoms. The maximum atomic E-state index is 12.0. The van der Waals surface area contributed by atoms with E-state index in [1.165, 1.54) is 19.6 Å². The number of aromatic nitrogens is 4. The third kappa shape index (κ3) is 3.47. The second kappa shape index (κ2) is 7.99. The Morgan fingerprint density at radius 1 is 1.03 bits per heavy atom. The van der Waals surface area contributed by atoms with E-state index >= 15 is 0 Å². The second-order valence-corrected chi connectivity index (χ2v) is 7.15. The molecule has 2 N–H and O–H groups in total. The third-order valence-corrected chi connectivity index (χ3v) is 5.24. The summed E-state index contributed by atoms with van der Waals surface area (Å²) in [4.78, 5) is 28.2. The molecule has 0 bridgehead atoms. The molecule has 0 saturated carbocycles. The van der Waals surface area contributed by atoms with Crippen molar-refractivity contribution in [3.63, 3.8) is 0 Å². The Labute approximate surface area is 183 Å². The number of aromatic amines is 1. The molecular weight excluding hydrogens is 406 g/mol. The number of methoxy groups -OCH3 is 2. The Kier molecular flexibility index (Phi) is 4.87. The van der Waals surface area contributed by atoms with E-state index in [0.717, 1.165) is 38.6 Å². The summed E-state index contributed by atoms with van der Waals surface area (Å²) >= 11 is 0. The number of H-pyrrole nitrogens is 1. The van der Waals surface area contributed by atoms with Crippen LogP contribution in [0.2, 0.25) is 0 Å². The highest BCUT2D eigenvalue weighted by Crippen LogP contribution is 2.36. The van der Waals surface area contributed by atoms with Crippen molar-refractivity contribution in [2.45, 2.75) is 0 Å². The zero-order valence-electron chi connectivity index (χ0n) is 17.4. The summed E-state index contributed by atoms with van der Waals surface area (Å²) in [6, 6.07) is 13.6. The molecule has 5 rings (SSSR count). The van der Waals surface area contributed by atoms with Crippen LogP contribution < -0.4 is 10.1 Å². The van der Waals surface area contributed by atoms with Crippen LogP contribution in [0.25, 0.3) is 32.9 Å². The van der Waals surface area contributed by atoms with Gasteiger partial charge in [0.2, 0.25) is 0 Å². The molecule has 158 valence electrons. The first-order valence-corrected chi connectivity index (χ1v) is 9.87. The minimum absolute atomic E-state index is 0.356.